The molecular weight excluding hydrogens is 827 g/mol. The number of carboxylic acid groups (broad SMARTS) is 1. The van der Waals surface area contributed by atoms with Gasteiger partial charge in [0.15, 0.2) is 0 Å². The number of carboxylic acids is 1. The topological polar surface area (TPSA) is 101 Å². The molecular formula is C55H60F2O8. The second-order valence-corrected chi connectivity index (χ2v) is 17.8. The van der Waals surface area contributed by atoms with Gasteiger partial charge in [-0.3, -0.25) is 9.59 Å². The average Bonchev–Trinajstić information content (AvgIpc) is 3.29. The lowest BCUT2D eigenvalue weighted by Crippen LogP contribution is -2.13. The normalized spacial score (nSPS) is 11.2. The second-order valence-electron chi connectivity index (χ2n) is 17.8. The first-order chi connectivity index (χ1) is 30.9. The van der Waals surface area contributed by atoms with Crippen LogP contribution >= 0.6 is 0 Å². The van der Waals surface area contributed by atoms with Gasteiger partial charge in [-0.2, -0.15) is 0 Å². The zero-order valence-corrected chi connectivity index (χ0v) is 38.9. The molecule has 0 aliphatic heterocycles. The molecule has 10 heteroatoms. The van der Waals surface area contributed by atoms with Gasteiger partial charge in [-0.25, -0.2) is 8.78 Å². The number of aliphatic carboxylic acids is 1. The van der Waals surface area contributed by atoms with Gasteiger partial charge in [-0.1, -0.05) is 90.1 Å². The van der Waals surface area contributed by atoms with Crippen LogP contribution < -0.4 is 18.9 Å². The highest BCUT2D eigenvalue weighted by Crippen LogP contribution is 2.38. The lowest BCUT2D eigenvalue weighted by molar-refractivity contribution is -0.140. The van der Waals surface area contributed by atoms with Crippen molar-refractivity contribution < 1.29 is 47.2 Å². The highest BCUT2D eigenvalue weighted by Gasteiger charge is 2.23. The van der Waals surface area contributed by atoms with Crippen LogP contribution in [0.25, 0.3) is 22.3 Å². The van der Waals surface area contributed by atoms with Crippen molar-refractivity contribution in [1.82, 2.24) is 0 Å². The number of hydrogen-bond donors (Lipinski definition) is 1. The summed E-state index contributed by atoms with van der Waals surface area (Å²) in [6.45, 7) is 13.3. The number of hydrogen-bond acceptors (Lipinski definition) is 7. The molecule has 65 heavy (non-hydrogen) atoms. The molecule has 0 saturated heterocycles. The maximum absolute atomic E-state index is 14.8. The SMILES string of the molecule is COC(=O)CCc1ccc(OCc2ccc(C(C)(C)C)c(-c3cc(OC)ccc3F)c2)cc1.COc1ccc(F)c(-c2cc(COc3ccc(CCC(=O)O)cc3)ccc2C(C)(C)C)c1. The molecule has 0 heterocycles. The fourth-order valence-electron chi connectivity index (χ4n) is 7.23. The van der Waals surface area contributed by atoms with Crippen LogP contribution in [-0.2, 0) is 51.2 Å². The van der Waals surface area contributed by atoms with Crippen LogP contribution in [-0.4, -0.2) is 38.4 Å². The zero-order chi connectivity index (χ0) is 47.3. The van der Waals surface area contributed by atoms with Gasteiger partial charge in [0.25, 0.3) is 0 Å². The third-order valence-electron chi connectivity index (χ3n) is 10.8. The third-order valence-corrected chi connectivity index (χ3v) is 10.8. The van der Waals surface area contributed by atoms with Crippen LogP contribution in [0.2, 0.25) is 0 Å². The molecule has 0 atom stereocenters. The first-order valence-corrected chi connectivity index (χ1v) is 21.5. The Hall–Kier alpha value is -6.68. The van der Waals surface area contributed by atoms with Gasteiger partial charge >= 0.3 is 11.9 Å². The number of esters is 1. The van der Waals surface area contributed by atoms with Gasteiger partial charge < -0.3 is 28.8 Å². The highest BCUT2D eigenvalue weighted by atomic mass is 19.1. The fourth-order valence-corrected chi connectivity index (χ4v) is 7.23. The Morgan fingerprint density at radius 1 is 0.477 bits per heavy atom. The number of benzene rings is 6. The minimum atomic E-state index is -0.813. The first-order valence-electron chi connectivity index (χ1n) is 21.5. The molecule has 8 nitrogen and oxygen atoms in total. The summed E-state index contributed by atoms with van der Waals surface area (Å²) in [4.78, 5) is 22.0. The summed E-state index contributed by atoms with van der Waals surface area (Å²) >= 11 is 0. The number of carbonyl (C=O) groups is 2. The van der Waals surface area contributed by atoms with Crippen LogP contribution in [0.15, 0.2) is 121 Å². The van der Waals surface area contributed by atoms with Crippen molar-refractivity contribution in [2.75, 3.05) is 21.3 Å². The summed E-state index contributed by atoms with van der Waals surface area (Å²) in [5.74, 6) is 1.01. The molecule has 0 unspecified atom stereocenters. The molecule has 0 saturated carbocycles. The summed E-state index contributed by atoms with van der Waals surface area (Å²) in [6.07, 6.45) is 1.56. The van der Waals surface area contributed by atoms with Crippen molar-refractivity contribution in [3.8, 4) is 45.3 Å². The summed E-state index contributed by atoms with van der Waals surface area (Å²) in [6, 6.07) is 36.7. The van der Waals surface area contributed by atoms with E-state index < -0.39 is 5.97 Å². The summed E-state index contributed by atoms with van der Waals surface area (Å²) in [7, 11) is 4.53. The fraction of sp³-hybridized carbons (Fsp3) is 0.309. The van der Waals surface area contributed by atoms with Crippen molar-refractivity contribution in [1.29, 1.82) is 0 Å². The predicted octanol–water partition coefficient (Wildman–Crippen LogP) is 12.9. The van der Waals surface area contributed by atoms with E-state index >= 15 is 0 Å². The molecule has 6 aromatic rings. The molecule has 0 spiro atoms. The van der Waals surface area contributed by atoms with Gasteiger partial charge in [-0.15, -0.1) is 0 Å². The Bertz CT molecular complexity index is 2530. The monoisotopic (exact) mass is 886 g/mol. The van der Waals surface area contributed by atoms with Crippen molar-refractivity contribution >= 4 is 11.9 Å². The number of halogens is 2. The Balaban J connectivity index is 0.000000244. The Morgan fingerprint density at radius 2 is 0.846 bits per heavy atom. The van der Waals surface area contributed by atoms with E-state index in [1.54, 1.807) is 38.5 Å². The van der Waals surface area contributed by atoms with Crippen molar-refractivity contribution in [3.63, 3.8) is 0 Å². The Morgan fingerprint density at radius 3 is 1.20 bits per heavy atom. The van der Waals surface area contributed by atoms with Gasteiger partial charge in [0.1, 0.15) is 47.8 Å². The van der Waals surface area contributed by atoms with Crippen LogP contribution in [0.1, 0.15) is 87.8 Å². The van der Waals surface area contributed by atoms with Crippen molar-refractivity contribution in [2.24, 2.45) is 0 Å². The molecule has 342 valence electrons. The van der Waals surface area contributed by atoms with Gasteiger partial charge in [0.05, 0.1) is 21.3 Å². The first kappa shape index (κ1) is 49.3. The maximum atomic E-state index is 14.8. The Kier molecular flexibility index (Phi) is 16.9. The average molecular weight is 887 g/mol. The standard InChI is InChI=1S/C28H31FO4.C27H29FO4/c1-28(2,3)25-13-8-20(16-23(25)24-17-22(31-4)12-14-26(24)29)18-33-21-10-6-19(7-11-21)9-15-27(30)32-5;1-27(2,3)24-12-7-19(15-22(24)23-16-21(31-4)11-13-25(23)28)17-32-20-9-5-18(6-10-20)8-14-26(29)30/h6-8,10-14,16-17H,9,15,18H2,1-5H3;5-7,9-13,15-16H,8,14,17H2,1-4H3,(H,29,30). The van der Waals surface area contributed by atoms with E-state index in [9.17, 15) is 18.4 Å². The van der Waals surface area contributed by atoms with E-state index in [2.05, 4.69) is 46.3 Å². The van der Waals surface area contributed by atoms with E-state index in [0.717, 1.165) is 50.3 Å². The van der Waals surface area contributed by atoms with E-state index in [1.807, 2.05) is 84.9 Å². The lowest BCUT2D eigenvalue weighted by Gasteiger charge is -2.24. The molecule has 0 radical (unpaired) electrons. The number of carbonyl (C=O) groups excluding carboxylic acids is 1. The number of rotatable bonds is 16. The largest absolute Gasteiger partial charge is 0.497 e. The van der Waals surface area contributed by atoms with Gasteiger partial charge in [0.2, 0.25) is 0 Å². The third kappa shape index (κ3) is 14.2. The van der Waals surface area contributed by atoms with Crippen LogP contribution in [0.4, 0.5) is 8.78 Å². The van der Waals surface area contributed by atoms with Gasteiger partial charge in [-0.05, 0) is 141 Å². The summed E-state index contributed by atoms with van der Waals surface area (Å²) in [5, 5.41) is 8.81. The van der Waals surface area contributed by atoms with E-state index in [1.165, 1.54) is 19.2 Å². The molecule has 0 fully saturated rings. The van der Waals surface area contributed by atoms with Crippen molar-refractivity contribution in [2.45, 2.75) is 91.3 Å². The molecule has 6 rings (SSSR count). The van der Waals surface area contributed by atoms with Crippen LogP contribution in [0.5, 0.6) is 23.0 Å². The molecule has 0 aromatic heterocycles. The summed E-state index contributed by atoms with van der Waals surface area (Å²) < 4.78 is 56.8. The molecule has 0 bridgehead atoms. The highest BCUT2D eigenvalue weighted by molar-refractivity contribution is 5.73. The van der Waals surface area contributed by atoms with Crippen molar-refractivity contribution in [3.05, 3.63) is 166 Å². The Labute approximate surface area is 382 Å². The van der Waals surface area contributed by atoms with E-state index in [0.29, 0.717) is 60.9 Å². The van der Waals surface area contributed by atoms with Crippen LogP contribution in [0.3, 0.4) is 0 Å². The zero-order valence-electron chi connectivity index (χ0n) is 38.9. The lowest BCUT2D eigenvalue weighted by atomic mass is 9.81. The minimum Gasteiger partial charge on any atom is -0.497 e. The molecule has 0 amide bonds. The number of methoxy groups -OCH3 is 3. The molecule has 1 N–H and O–H groups in total. The predicted molar refractivity (Wildman–Crippen MR) is 252 cm³/mol. The minimum absolute atomic E-state index is 0.101. The quantitative estimate of drug-likeness (QED) is 0.0959. The second kappa shape index (κ2) is 22.3. The number of aryl methyl sites for hydroxylation is 2. The van der Waals surface area contributed by atoms with Crippen LogP contribution in [0, 0.1) is 11.6 Å². The smallest absolute Gasteiger partial charge is 0.305 e. The molecule has 0 aliphatic rings. The maximum Gasteiger partial charge on any atom is 0.305 e. The molecule has 6 aromatic carbocycles. The van der Waals surface area contributed by atoms with E-state index in [4.69, 9.17) is 24.1 Å². The number of ether oxygens (including phenoxy) is 5. The molecule has 0 aliphatic carbocycles. The van der Waals surface area contributed by atoms with E-state index in [-0.39, 0.29) is 34.9 Å². The van der Waals surface area contributed by atoms with Gasteiger partial charge in [0, 0.05) is 24.0 Å². The summed E-state index contributed by atoms with van der Waals surface area (Å²) in [5.41, 5.74) is 8.26.